The molecule has 31 heavy (non-hydrogen) atoms. The fraction of sp³-hybridized carbons (Fsp3) is 0.136. The molecule has 0 saturated carbocycles. The summed E-state index contributed by atoms with van der Waals surface area (Å²) in [5.74, 6) is -0.287. The van der Waals surface area contributed by atoms with E-state index in [2.05, 4.69) is 15.4 Å². The molecule has 0 fully saturated rings. The number of carbonyl (C=O) groups is 1. The van der Waals surface area contributed by atoms with E-state index in [-0.39, 0.29) is 11.6 Å². The Hall–Kier alpha value is -3.59. The van der Waals surface area contributed by atoms with Gasteiger partial charge in [0, 0.05) is 41.1 Å². The Kier molecular flexibility index (Phi) is 4.74. The van der Waals surface area contributed by atoms with Crippen LogP contribution in [0.5, 0.6) is 5.75 Å². The van der Waals surface area contributed by atoms with Crippen LogP contribution < -0.4 is 10.1 Å². The Morgan fingerprint density at radius 2 is 2.03 bits per heavy atom. The molecule has 1 amide bonds. The summed E-state index contributed by atoms with van der Waals surface area (Å²) < 4.78 is 35.2. The first-order chi connectivity index (χ1) is 15.0. The minimum absolute atomic E-state index is 0.00459. The molecule has 0 unspecified atom stereocenters. The zero-order chi connectivity index (χ0) is 21.5. The van der Waals surface area contributed by atoms with Gasteiger partial charge in [-0.2, -0.15) is 5.10 Å². The van der Waals surface area contributed by atoms with Gasteiger partial charge in [0.25, 0.3) is 5.91 Å². The van der Waals surface area contributed by atoms with E-state index in [1.807, 2.05) is 12.1 Å². The SMILES string of the molecule is CNC(=O)c1ccc2c(c1)OCCc1sc(-c3ncnn3-c3cc(F)ccc3F)cc1-2. The average molecular weight is 438 g/mol. The molecular weight excluding hydrogens is 422 g/mol. The maximum Gasteiger partial charge on any atom is 0.251 e. The number of hydrogen-bond acceptors (Lipinski definition) is 5. The third-order valence-electron chi connectivity index (χ3n) is 5.06. The number of benzene rings is 2. The Morgan fingerprint density at radius 3 is 2.87 bits per heavy atom. The molecule has 1 aliphatic heterocycles. The molecule has 1 aliphatic rings. The van der Waals surface area contributed by atoms with Crippen molar-refractivity contribution in [3.8, 4) is 33.3 Å². The van der Waals surface area contributed by atoms with E-state index in [1.54, 1.807) is 19.2 Å². The second kappa shape index (κ2) is 7.59. The first-order valence-electron chi connectivity index (χ1n) is 9.53. The van der Waals surface area contributed by atoms with E-state index >= 15 is 0 Å². The number of ether oxygens (including phenoxy) is 1. The van der Waals surface area contributed by atoms with Crippen molar-refractivity contribution in [2.24, 2.45) is 0 Å². The zero-order valence-electron chi connectivity index (χ0n) is 16.4. The van der Waals surface area contributed by atoms with Gasteiger partial charge in [0.15, 0.2) is 5.82 Å². The van der Waals surface area contributed by atoms with Crippen molar-refractivity contribution in [1.29, 1.82) is 0 Å². The number of halogens is 2. The van der Waals surface area contributed by atoms with Crippen molar-refractivity contribution >= 4 is 17.2 Å². The minimum Gasteiger partial charge on any atom is -0.493 e. The summed E-state index contributed by atoms with van der Waals surface area (Å²) in [4.78, 5) is 18.1. The fourth-order valence-corrected chi connectivity index (χ4v) is 4.73. The lowest BCUT2D eigenvalue weighted by atomic mass is 10.0. The molecule has 6 nitrogen and oxygen atoms in total. The number of aromatic nitrogens is 3. The Morgan fingerprint density at radius 1 is 1.16 bits per heavy atom. The molecule has 3 heterocycles. The first-order valence-corrected chi connectivity index (χ1v) is 10.3. The van der Waals surface area contributed by atoms with Crippen molar-refractivity contribution in [2.45, 2.75) is 6.42 Å². The summed E-state index contributed by atoms with van der Waals surface area (Å²) in [6.45, 7) is 0.461. The quantitative estimate of drug-likeness (QED) is 0.520. The molecule has 0 atom stereocenters. The highest BCUT2D eigenvalue weighted by atomic mass is 32.1. The van der Waals surface area contributed by atoms with Crippen molar-refractivity contribution < 1.29 is 18.3 Å². The standard InChI is InChI=1S/C22H16F2N4O2S/c1-25-22(29)12-2-4-14-15-10-20(31-19(15)6-7-30-18(14)8-12)21-26-11-27-28(21)17-9-13(23)3-5-16(17)24/h2-5,8-11H,6-7H2,1H3,(H,25,29). The first kappa shape index (κ1) is 19.4. The van der Waals surface area contributed by atoms with Gasteiger partial charge in [-0.05, 0) is 36.4 Å². The highest BCUT2D eigenvalue weighted by Crippen LogP contribution is 2.43. The number of amides is 1. The molecule has 1 N–H and O–H groups in total. The number of thiophene rings is 1. The number of hydrogen-bond donors (Lipinski definition) is 1. The predicted octanol–water partition coefficient (Wildman–Crippen LogP) is 4.24. The summed E-state index contributed by atoms with van der Waals surface area (Å²) in [5.41, 5.74) is 2.34. The summed E-state index contributed by atoms with van der Waals surface area (Å²) >= 11 is 1.51. The molecule has 4 aromatic rings. The third kappa shape index (κ3) is 3.36. The van der Waals surface area contributed by atoms with Crippen LogP contribution in [-0.4, -0.2) is 34.3 Å². The lowest BCUT2D eigenvalue weighted by Gasteiger charge is -2.09. The van der Waals surface area contributed by atoms with E-state index < -0.39 is 11.6 Å². The molecule has 9 heteroatoms. The van der Waals surface area contributed by atoms with Crippen LogP contribution in [0.2, 0.25) is 0 Å². The second-order valence-electron chi connectivity index (χ2n) is 6.93. The monoisotopic (exact) mass is 438 g/mol. The lowest BCUT2D eigenvalue weighted by Crippen LogP contribution is -2.17. The summed E-state index contributed by atoms with van der Waals surface area (Å²) in [7, 11) is 1.58. The van der Waals surface area contributed by atoms with Crippen LogP contribution in [0.3, 0.4) is 0 Å². The molecule has 0 radical (unpaired) electrons. The van der Waals surface area contributed by atoms with Gasteiger partial charge in [-0.15, -0.1) is 11.3 Å². The van der Waals surface area contributed by atoms with Crippen molar-refractivity contribution in [2.75, 3.05) is 13.7 Å². The zero-order valence-corrected chi connectivity index (χ0v) is 17.2. The molecule has 0 aliphatic carbocycles. The summed E-state index contributed by atoms with van der Waals surface area (Å²) in [6, 6.07) is 10.5. The van der Waals surface area contributed by atoms with Gasteiger partial charge in [-0.3, -0.25) is 4.79 Å². The molecule has 156 valence electrons. The van der Waals surface area contributed by atoms with Crippen molar-refractivity contribution in [1.82, 2.24) is 20.1 Å². The Labute approximate surface area is 180 Å². The topological polar surface area (TPSA) is 69.0 Å². The van der Waals surface area contributed by atoms with Crippen LogP contribution in [0.4, 0.5) is 8.78 Å². The minimum atomic E-state index is -0.591. The average Bonchev–Trinajstić information content (AvgIpc) is 3.38. The van der Waals surface area contributed by atoms with E-state index in [0.29, 0.717) is 30.2 Å². The number of rotatable bonds is 3. The third-order valence-corrected chi connectivity index (χ3v) is 6.25. The van der Waals surface area contributed by atoms with Gasteiger partial charge in [0.1, 0.15) is 29.4 Å². The van der Waals surface area contributed by atoms with E-state index in [1.165, 1.54) is 22.3 Å². The Balaban J connectivity index is 1.61. The van der Waals surface area contributed by atoms with Gasteiger partial charge in [-0.1, -0.05) is 0 Å². The summed E-state index contributed by atoms with van der Waals surface area (Å²) in [6.07, 6.45) is 1.99. The van der Waals surface area contributed by atoms with Crippen LogP contribution >= 0.6 is 11.3 Å². The van der Waals surface area contributed by atoms with Crippen molar-refractivity contribution in [3.05, 3.63) is 70.9 Å². The van der Waals surface area contributed by atoms with Gasteiger partial charge in [-0.25, -0.2) is 18.4 Å². The smallest absolute Gasteiger partial charge is 0.251 e. The number of nitrogens with one attached hydrogen (secondary N) is 1. The van der Waals surface area contributed by atoms with Gasteiger partial charge in [0.05, 0.1) is 11.5 Å². The molecule has 0 bridgehead atoms. The largest absolute Gasteiger partial charge is 0.493 e. The molecule has 2 aromatic heterocycles. The normalized spacial score (nSPS) is 12.5. The summed E-state index contributed by atoms with van der Waals surface area (Å²) in [5, 5.41) is 6.72. The van der Waals surface area contributed by atoms with Crippen LogP contribution in [0.1, 0.15) is 15.2 Å². The molecular formula is C22H16F2N4O2S. The highest BCUT2D eigenvalue weighted by molar-refractivity contribution is 7.16. The van der Waals surface area contributed by atoms with Crippen LogP contribution in [0, 0.1) is 11.6 Å². The van der Waals surface area contributed by atoms with Gasteiger partial charge in [0.2, 0.25) is 0 Å². The second-order valence-corrected chi connectivity index (χ2v) is 8.06. The lowest BCUT2D eigenvalue weighted by molar-refractivity contribution is 0.0962. The molecule has 2 aromatic carbocycles. The van der Waals surface area contributed by atoms with Gasteiger partial charge >= 0.3 is 0 Å². The number of nitrogens with zero attached hydrogens (tertiary/aromatic N) is 3. The maximum absolute atomic E-state index is 14.3. The highest BCUT2D eigenvalue weighted by Gasteiger charge is 2.23. The van der Waals surface area contributed by atoms with Crippen LogP contribution in [0.25, 0.3) is 27.5 Å². The van der Waals surface area contributed by atoms with E-state index in [0.717, 1.165) is 39.1 Å². The van der Waals surface area contributed by atoms with Crippen LogP contribution in [0.15, 0.2) is 48.8 Å². The predicted molar refractivity (Wildman–Crippen MR) is 113 cm³/mol. The van der Waals surface area contributed by atoms with Crippen LogP contribution in [-0.2, 0) is 6.42 Å². The Bertz CT molecular complexity index is 1310. The number of carbonyl (C=O) groups excluding carboxylic acids is 1. The van der Waals surface area contributed by atoms with E-state index in [9.17, 15) is 13.6 Å². The van der Waals surface area contributed by atoms with E-state index in [4.69, 9.17) is 4.74 Å². The van der Waals surface area contributed by atoms with Crippen molar-refractivity contribution in [3.63, 3.8) is 0 Å². The number of fused-ring (bicyclic) bond motifs is 3. The molecule has 0 spiro atoms. The maximum atomic E-state index is 14.3. The molecule has 5 rings (SSSR count). The molecule has 0 saturated heterocycles. The van der Waals surface area contributed by atoms with Gasteiger partial charge < -0.3 is 10.1 Å². The fourth-order valence-electron chi connectivity index (χ4n) is 3.59.